The SMILES string of the molecule is COC(=O)c1ccc(C(c2ccccc2)C2/C(=N/Cc3ccccc3)C3CCN2CC3)cc1. The Hall–Kier alpha value is -3.24. The first kappa shape index (κ1) is 21.6. The van der Waals surface area contributed by atoms with Crippen molar-refractivity contribution in [2.24, 2.45) is 10.9 Å². The highest BCUT2D eigenvalue weighted by Gasteiger charge is 2.43. The highest BCUT2D eigenvalue weighted by atomic mass is 16.5. The second kappa shape index (κ2) is 9.72. The molecule has 168 valence electrons. The van der Waals surface area contributed by atoms with Crippen LogP contribution in [0.2, 0.25) is 0 Å². The van der Waals surface area contributed by atoms with E-state index in [0.717, 1.165) is 19.6 Å². The van der Waals surface area contributed by atoms with Crippen molar-refractivity contribution in [3.05, 3.63) is 107 Å². The molecule has 3 fully saturated rings. The predicted molar refractivity (Wildman–Crippen MR) is 132 cm³/mol. The molecule has 3 aliphatic heterocycles. The minimum Gasteiger partial charge on any atom is -0.465 e. The van der Waals surface area contributed by atoms with Crippen molar-refractivity contribution in [3.63, 3.8) is 0 Å². The Morgan fingerprint density at radius 1 is 0.909 bits per heavy atom. The third kappa shape index (κ3) is 4.49. The van der Waals surface area contributed by atoms with Gasteiger partial charge in [-0.05, 0) is 54.8 Å². The molecule has 0 aliphatic carbocycles. The van der Waals surface area contributed by atoms with E-state index >= 15 is 0 Å². The maximum Gasteiger partial charge on any atom is 0.337 e. The fourth-order valence-corrected chi connectivity index (χ4v) is 5.43. The van der Waals surface area contributed by atoms with Gasteiger partial charge in [-0.3, -0.25) is 9.89 Å². The van der Waals surface area contributed by atoms with Crippen LogP contribution in [0.5, 0.6) is 0 Å². The van der Waals surface area contributed by atoms with Crippen LogP contribution in [0.1, 0.15) is 45.8 Å². The van der Waals surface area contributed by atoms with Crippen molar-refractivity contribution >= 4 is 11.7 Å². The second-order valence-corrected chi connectivity index (χ2v) is 8.98. The van der Waals surface area contributed by atoms with Gasteiger partial charge < -0.3 is 4.74 Å². The van der Waals surface area contributed by atoms with Crippen LogP contribution >= 0.6 is 0 Å². The van der Waals surface area contributed by atoms with Gasteiger partial charge in [0.05, 0.1) is 25.3 Å². The van der Waals surface area contributed by atoms with Crippen LogP contribution in [0.3, 0.4) is 0 Å². The molecule has 4 heteroatoms. The number of methoxy groups -OCH3 is 1. The molecule has 33 heavy (non-hydrogen) atoms. The summed E-state index contributed by atoms with van der Waals surface area (Å²) < 4.78 is 4.90. The lowest BCUT2D eigenvalue weighted by molar-refractivity contribution is 0.0600. The number of benzene rings is 3. The van der Waals surface area contributed by atoms with Gasteiger partial charge >= 0.3 is 5.97 Å². The van der Waals surface area contributed by atoms with Crippen molar-refractivity contribution in [2.45, 2.75) is 31.3 Å². The molecule has 0 radical (unpaired) electrons. The third-order valence-electron chi connectivity index (χ3n) is 7.10. The average molecular weight is 439 g/mol. The summed E-state index contributed by atoms with van der Waals surface area (Å²) in [7, 11) is 1.42. The molecule has 3 aromatic carbocycles. The van der Waals surface area contributed by atoms with Gasteiger partial charge in [0.15, 0.2) is 0 Å². The standard InChI is InChI=1S/C29H30N2O2/c1-33-29(32)25-14-12-23(13-15-25)26(22-10-6-3-7-11-22)28-27(24-16-18-31(28)19-17-24)30-20-21-8-4-2-5-9-21/h2-15,24,26,28H,16-20H2,1H3/b30-27+. The molecule has 3 aromatic rings. The number of hydrogen-bond acceptors (Lipinski definition) is 4. The quantitative estimate of drug-likeness (QED) is 0.488. The predicted octanol–water partition coefficient (Wildman–Crippen LogP) is 5.34. The highest BCUT2D eigenvalue weighted by Crippen LogP contribution is 2.40. The molecule has 6 rings (SSSR count). The summed E-state index contributed by atoms with van der Waals surface area (Å²) in [4.78, 5) is 19.9. The zero-order chi connectivity index (χ0) is 22.6. The zero-order valence-corrected chi connectivity index (χ0v) is 19.1. The number of nitrogens with zero attached hydrogens (tertiary/aromatic N) is 2. The lowest BCUT2D eigenvalue weighted by Crippen LogP contribution is -2.58. The molecule has 3 aliphatic rings. The smallest absolute Gasteiger partial charge is 0.337 e. The summed E-state index contributed by atoms with van der Waals surface area (Å²) in [6.07, 6.45) is 2.37. The number of hydrogen-bond donors (Lipinski definition) is 0. The van der Waals surface area contributed by atoms with Gasteiger partial charge in [0, 0.05) is 17.5 Å². The van der Waals surface area contributed by atoms with E-state index in [9.17, 15) is 4.79 Å². The Morgan fingerprint density at radius 3 is 2.15 bits per heavy atom. The van der Waals surface area contributed by atoms with Gasteiger partial charge in [-0.2, -0.15) is 0 Å². The second-order valence-electron chi connectivity index (χ2n) is 8.98. The van der Waals surface area contributed by atoms with Crippen molar-refractivity contribution in [3.8, 4) is 0 Å². The van der Waals surface area contributed by atoms with Crippen LogP contribution in [0.4, 0.5) is 0 Å². The largest absolute Gasteiger partial charge is 0.465 e. The Labute approximate surface area is 195 Å². The zero-order valence-electron chi connectivity index (χ0n) is 19.1. The Bertz CT molecular complexity index is 1100. The number of carbonyl (C=O) groups excluding carboxylic acids is 1. The van der Waals surface area contributed by atoms with Crippen LogP contribution in [0.15, 0.2) is 89.9 Å². The molecule has 3 saturated heterocycles. The van der Waals surface area contributed by atoms with Crippen LogP contribution in [-0.2, 0) is 11.3 Å². The molecule has 4 nitrogen and oxygen atoms in total. The maximum absolute atomic E-state index is 12.0. The number of ether oxygens (including phenoxy) is 1. The van der Waals surface area contributed by atoms with E-state index < -0.39 is 0 Å². The molecule has 0 spiro atoms. The number of aliphatic imine (C=N–C) groups is 1. The van der Waals surface area contributed by atoms with Crippen LogP contribution < -0.4 is 0 Å². The average Bonchev–Trinajstić information content (AvgIpc) is 2.90. The van der Waals surface area contributed by atoms with Gasteiger partial charge in [-0.25, -0.2) is 4.79 Å². The van der Waals surface area contributed by atoms with Gasteiger partial charge in [0.2, 0.25) is 0 Å². The summed E-state index contributed by atoms with van der Waals surface area (Å²) >= 11 is 0. The topological polar surface area (TPSA) is 41.9 Å². The lowest BCUT2D eigenvalue weighted by Gasteiger charge is -2.49. The Morgan fingerprint density at radius 2 is 1.52 bits per heavy atom. The van der Waals surface area contributed by atoms with Gasteiger partial charge in [-0.15, -0.1) is 0 Å². The first-order chi connectivity index (χ1) is 16.2. The molecule has 3 heterocycles. The third-order valence-corrected chi connectivity index (χ3v) is 7.10. The molecular weight excluding hydrogens is 408 g/mol. The number of carbonyl (C=O) groups is 1. The molecule has 0 N–H and O–H groups in total. The van der Waals surface area contributed by atoms with E-state index in [-0.39, 0.29) is 17.9 Å². The molecule has 0 amide bonds. The lowest BCUT2D eigenvalue weighted by atomic mass is 9.72. The Balaban J connectivity index is 1.56. The Kier molecular flexibility index (Phi) is 6.36. The first-order valence-corrected chi connectivity index (χ1v) is 11.8. The summed E-state index contributed by atoms with van der Waals surface area (Å²) in [5, 5.41) is 0. The number of fused-ring (bicyclic) bond motifs is 3. The first-order valence-electron chi connectivity index (χ1n) is 11.8. The van der Waals surface area contributed by atoms with E-state index in [4.69, 9.17) is 9.73 Å². The summed E-state index contributed by atoms with van der Waals surface area (Å²) in [6.45, 7) is 2.95. The molecule has 2 atom stereocenters. The fourth-order valence-electron chi connectivity index (χ4n) is 5.43. The maximum atomic E-state index is 12.0. The van der Waals surface area contributed by atoms with Crippen LogP contribution in [0, 0.1) is 5.92 Å². The van der Waals surface area contributed by atoms with Gasteiger partial charge in [-0.1, -0.05) is 72.8 Å². The van der Waals surface area contributed by atoms with E-state index in [1.54, 1.807) is 0 Å². The summed E-state index contributed by atoms with van der Waals surface area (Å²) in [5.74, 6) is 0.406. The number of piperidine rings is 3. The molecule has 2 unspecified atom stereocenters. The molecule has 0 saturated carbocycles. The van der Waals surface area contributed by atoms with Crippen molar-refractivity contribution in [1.29, 1.82) is 0 Å². The van der Waals surface area contributed by atoms with E-state index in [1.165, 1.54) is 42.4 Å². The normalized spacial score (nSPS) is 23.9. The highest BCUT2D eigenvalue weighted by molar-refractivity contribution is 5.94. The summed E-state index contributed by atoms with van der Waals surface area (Å²) in [6, 6.07) is 29.4. The van der Waals surface area contributed by atoms with Gasteiger partial charge in [0.25, 0.3) is 0 Å². The van der Waals surface area contributed by atoms with E-state index in [0.29, 0.717) is 11.5 Å². The number of rotatable bonds is 6. The molecule has 2 bridgehead atoms. The molecular formula is C29H30N2O2. The van der Waals surface area contributed by atoms with Crippen molar-refractivity contribution < 1.29 is 9.53 Å². The van der Waals surface area contributed by atoms with Crippen molar-refractivity contribution in [2.75, 3.05) is 20.2 Å². The number of esters is 1. The minimum absolute atomic E-state index is 0.163. The minimum atomic E-state index is -0.302. The molecule has 0 aromatic heterocycles. The van der Waals surface area contributed by atoms with E-state index in [1.807, 2.05) is 12.1 Å². The summed E-state index contributed by atoms with van der Waals surface area (Å²) in [5.41, 5.74) is 5.66. The van der Waals surface area contributed by atoms with Crippen molar-refractivity contribution in [1.82, 2.24) is 4.90 Å². The van der Waals surface area contributed by atoms with Gasteiger partial charge in [0.1, 0.15) is 0 Å². The van der Waals surface area contributed by atoms with E-state index in [2.05, 4.69) is 77.7 Å². The monoisotopic (exact) mass is 438 g/mol. The van der Waals surface area contributed by atoms with Crippen LogP contribution in [0.25, 0.3) is 0 Å². The fraction of sp³-hybridized carbons (Fsp3) is 0.310. The van der Waals surface area contributed by atoms with Crippen LogP contribution in [-0.4, -0.2) is 42.8 Å².